The summed E-state index contributed by atoms with van der Waals surface area (Å²) >= 11 is 0. The minimum atomic E-state index is -1.28. The molecule has 8 rings (SSSR count). The first-order chi connectivity index (χ1) is 30.8. The van der Waals surface area contributed by atoms with Gasteiger partial charge in [-0.3, -0.25) is 14.4 Å². The Labute approximate surface area is 369 Å². The number of aromatic nitrogens is 6. The number of fused-ring (bicyclic) bond motifs is 1. The van der Waals surface area contributed by atoms with Gasteiger partial charge >= 0.3 is 6.03 Å². The van der Waals surface area contributed by atoms with Gasteiger partial charge in [0, 0.05) is 65.3 Å². The first-order valence-corrected chi connectivity index (χ1v) is 21.4. The predicted octanol–water partition coefficient (Wildman–Crippen LogP) is 9.40. The molecule has 13 nitrogen and oxygen atoms in total. The number of hydrogen-bond acceptors (Lipinski definition) is 8. The molecule has 0 unspecified atom stereocenters. The molecule has 64 heavy (non-hydrogen) atoms. The van der Waals surface area contributed by atoms with E-state index in [9.17, 15) is 19.1 Å². The Bertz CT molecular complexity index is 2850. The monoisotopic (exact) mass is 864 g/mol. The van der Waals surface area contributed by atoms with Crippen LogP contribution in [0.3, 0.4) is 0 Å². The summed E-state index contributed by atoms with van der Waals surface area (Å²) < 4.78 is 32.0. The van der Waals surface area contributed by atoms with Crippen molar-refractivity contribution in [3.63, 3.8) is 0 Å². The van der Waals surface area contributed by atoms with E-state index in [1.165, 1.54) is 44.4 Å². The van der Waals surface area contributed by atoms with Gasteiger partial charge in [-0.15, -0.1) is 5.10 Å². The number of nitrogens with zero attached hydrogens (tertiary/aromatic N) is 6. The van der Waals surface area contributed by atoms with Crippen molar-refractivity contribution in [3.8, 4) is 33.8 Å². The van der Waals surface area contributed by atoms with Crippen molar-refractivity contribution in [2.24, 2.45) is 0 Å². The summed E-state index contributed by atoms with van der Waals surface area (Å²) in [6, 6.07) is 24.2. The number of unbranched alkanes of at least 4 members (excludes halogenated alkanes) is 3. The quantitative estimate of drug-likeness (QED) is 0.0600. The second kappa shape index (κ2) is 18.7. The summed E-state index contributed by atoms with van der Waals surface area (Å²) in [4.78, 5) is 39.6. The number of urea groups is 1. The van der Waals surface area contributed by atoms with Crippen LogP contribution in [0, 0.1) is 18.6 Å². The molecule has 0 aliphatic carbocycles. The fraction of sp³-hybridized carbons (Fsp3) is 0.265. The van der Waals surface area contributed by atoms with Crippen molar-refractivity contribution in [1.82, 2.24) is 40.6 Å². The molecule has 0 saturated carbocycles. The van der Waals surface area contributed by atoms with Crippen molar-refractivity contribution < 1.29 is 23.5 Å². The third-order valence-corrected chi connectivity index (χ3v) is 11.5. The van der Waals surface area contributed by atoms with Crippen molar-refractivity contribution >= 4 is 34.3 Å². The second-order valence-electron chi connectivity index (χ2n) is 16.6. The SMILES string of the molecule is C=C1CCN(c2cccc(-c3cn(CCCCCCNCc4ccc(-c5cc6c(-c7cc(F)cc(NC(=O)c8ccc(C(C)(C)O)cc8F)c7C)ncnc6[nH]5)cc4)nn3)c2)C(=O)N1. The van der Waals surface area contributed by atoms with Gasteiger partial charge in [0.15, 0.2) is 0 Å². The van der Waals surface area contributed by atoms with Crippen LogP contribution < -0.4 is 20.9 Å². The fourth-order valence-electron chi connectivity index (χ4n) is 7.80. The van der Waals surface area contributed by atoms with Crippen LogP contribution in [0.25, 0.3) is 44.8 Å². The summed E-state index contributed by atoms with van der Waals surface area (Å²) in [5.74, 6) is -2.15. The van der Waals surface area contributed by atoms with Crippen LogP contribution in [-0.2, 0) is 18.7 Å². The van der Waals surface area contributed by atoms with E-state index in [0.717, 1.165) is 90.8 Å². The highest BCUT2D eigenvalue weighted by atomic mass is 19.1. The maximum atomic E-state index is 15.1. The van der Waals surface area contributed by atoms with E-state index in [1.807, 2.05) is 53.3 Å². The van der Waals surface area contributed by atoms with Gasteiger partial charge in [-0.2, -0.15) is 0 Å². The number of anilines is 2. The van der Waals surface area contributed by atoms with Crippen molar-refractivity contribution in [3.05, 3.63) is 144 Å². The number of benzene rings is 4. The van der Waals surface area contributed by atoms with E-state index in [-0.39, 0.29) is 17.3 Å². The summed E-state index contributed by atoms with van der Waals surface area (Å²) in [5, 5.41) is 28.6. The van der Waals surface area contributed by atoms with Gasteiger partial charge in [-0.25, -0.2) is 23.5 Å². The van der Waals surface area contributed by atoms with Gasteiger partial charge in [0.25, 0.3) is 5.91 Å². The maximum absolute atomic E-state index is 15.1. The highest BCUT2D eigenvalue weighted by Gasteiger charge is 2.24. The molecule has 3 amide bonds. The molecule has 0 spiro atoms. The van der Waals surface area contributed by atoms with E-state index >= 15 is 4.39 Å². The molecule has 328 valence electrons. The number of aromatic amines is 1. The molecule has 1 aliphatic heterocycles. The Kier molecular flexibility index (Phi) is 12.7. The number of aryl methyl sites for hydroxylation is 1. The van der Waals surface area contributed by atoms with E-state index in [2.05, 4.69) is 59.9 Å². The number of carbonyl (C=O) groups excluding carboxylic acids is 2. The van der Waals surface area contributed by atoms with Crippen molar-refractivity contribution in [1.29, 1.82) is 0 Å². The van der Waals surface area contributed by atoms with Crippen LogP contribution >= 0.6 is 0 Å². The average Bonchev–Trinajstić information content (AvgIpc) is 3.94. The number of rotatable bonds is 16. The van der Waals surface area contributed by atoms with Gasteiger partial charge in [0.1, 0.15) is 29.3 Å². The Morgan fingerprint density at radius 2 is 1.77 bits per heavy atom. The molecule has 1 aliphatic rings. The standard InChI is InChI=1S/C49H50F2N10O3/c1-30-18-21-61(48(63)55-30)37-11-9-10-34(22-37)44-28-60(59-58-44)20-8-6-5-7-19-52-27-32-12-14-33(15-13-32)43-26-40-45(53-29-54-46(40)56-43)39-24-36(50)25-42(31(39)2)57-47(62)38-17-16-35(23-41(38)51)49(3,4)64/h9-17,22-26,28-29,52,64H,1,5-8,18-21,27H2,2-4H3,(H,55,63)(H,57,62)(H,53,54,56). The number of halogens is 2. The van der Waals surface area contributed by atoms with E-state index in [4.69, 9.17) is 0 Å². The van der Waals surface area contributed by atoms with Gasteiger partial charge in [-0.05, 0) is 105 Å². The molecule has 15 heteroatoms. The zero-order chi connectivity index (χ0) is 45.0. The Morgan fingerprint density at radius 1 is 0.953 bits per heavy atom. The average molecular weight is 865 g/mol. The number of hydrogen-bond donors (Lipinski definition) is 5. The van der Waals surface area contributed by atoms with Crippen LogP contribution in [0.2, 0.25) is 0 Å². The van der Waals surface area contributed by atoms with Crippen LogP contribution in [0.5, 0.6) is 0 Å². The topological polar surface area (TPSA) is 166 Å². The van der Waals surface area contributed by atoms with Crippen LogP contribution in [0.15, 0.2) is 110 Å². The number of aliphatic hydroxyl groups is 1. The highest BCUT2D eigenvalue weighted by molar-refractivity contribution is 6.06. The zero-order valence-corrected chi connectivity index (χ0v) is 36.0. The van der Waals surface area contributed by atoms with E-state index in [0.29, 0.717) is 46.4 Å². The van der Waals surface area contributed by atoms with Gasteiger partial charge < -0.3 is 26.0 Å². The molecule has 1 fully saturated rings. The van der Waals surface area contributed by atoms with Crippen LogP contribution in [-0.4, -0.2) is 60.1 Å². The molecule has 3 aromatic heterocycles. The second-order valence-corrected chi connectivity index (χ2v) is 16.6. The lowest BCUT2D eigenvalue weighted by Gasteiger charge is -2.28. The molecule has 7 aromatic rings. The largest absolute Gasteiger partial charge is 0.386 e. The maximum Gasteiger partial charge on any atom is 0.326 e. The molecule has 0 atom stereocenters. The minimum Gasteiger partial charge on any atom is -0.386 e. The first kappa shape index (κ1) is 43.5. The summed E-state index contributed by atoms with van der Waals surface area (Å²) in [6.45, 7) is 11.6. The molecular formula is C49H50F2N10O3. The number of carbonyl (C=O) groups is 2. The molecule has 5 N–H and O–H groups in total. The lowest BCUT2D eigenvalue weighted by Crippen LogP contribution is -2.45. The molecule has 4 aromatic carbocycles. The zero-order valence-electron chi connectivity index (χ0n) is 36.0. The normalized spacial score (nSPS) is 13.1. The Morgan fingerprint density at radius 3 is 2.55 bits per heavy atom. The van der Waals surface area contributed by atoms with Crippen LogP contribution in [0.4, 0.5) is 25.0 Å². The minimum absolute atomic E-state index is 0.171. The summed E-state index contributed by atoms with van der Waals surface area (Å²) in [5.41, 5.74) is 7.17. The van der Waals surface area contributed by atoms with Crippen LogP contribution in [0.1, 0.15) is 73.0 Å². The molecule has 0 radical (unpaired) electrons. The predicted molar refractivity (Wildman–Crippen MR) is 244 cm³/mol. The fourth-order valence-corrected chi connectivity index (χ4v) is 7.80. The van der Waals surface area contributed by atoms with Crippen molar-refractivity contribution in [2.75, 3.05) is 23.3 Å². The van der Waals surface area contributed by atoms with Gasteiger partial charge in [-0.1, -0.05) is 67.1 Å². The number of H-pyrrole nitrogens is 1. The molecule has 0 bridgehead atoms. The summed E-state index contributed by atoms with van der Waals surface area (Å²) in [6.07, 6.45) is 8.28. The lowest BCUT2D eigenvalue weighted by atomic mass is 9.96. The number of nitrogens with one attached hydrogen (secondary N) is 4. The van der Waals surface area contributed by atoms with Gasteiger partial charge in [0.05, 0.1) is 23.1 Å². The van der Waals surface area contributed by atoms with E-state index < -0.39 is 23.1 Å². The first-order valence-electron chi connectivity index (χ1n) is 21.4. The van der Waals surface area contributed by atoms with E-state index in [1.54, 1.807) is 11.8 Å². The Hall–Kier alpha value is -7.10. The number of amides is 3. The van der Waals surface area contributed by atoms with Crippen molar-refractivity contribution in [2.45, 2.75) is 71.6 Å². The lowest BCUT2D eigenvalue weighted by molar-refractivity contribution is 0.0780. The molecule has 4 heterocycles. The third kappa shape index (κ3) is 9.90. The molecular weight excluding hydrogens is 815 g/mol. The highest BCUT2D eigenvalue weighted by Crippen LogP contribution is 2.35. The Balaban J connectivity index is 0.813. The van der Waals surface area contributed by atoms with Gasteiger partial charge in [0.2, 0.25) is 0 Å². The third-order valence-electron chi connectivity index (χ3n) is 11.5. The summed E-state index contributed by atoms with van der Waals surface area (Å²) in [7, 11) is 0. The molecule has 1 saturated heterocycles. The smallest absolute Gasteiger partial charge is 0.326 e.